The smallest absolute Gasteiger partial charge is 0.254 e. The molecule has 1 amide bonds. The van der Waals surface area contributed by atoms with E-state index in [1.807, 2.05) is 24.3 Å². The zero-order valence-corrected chi connectivity index (χ0v) is 13.2. The summed E-state index contributed by atoms with van der Waals surface area (Å²) in [6.45, 7) is 1.43. The number of ether oxygens (including phenoxy) is 1. The Labute approximate surface area is 139 Å². The Morgan fingerprint density at radius 2 is 2.09 bits per heavy atom. The number of nitrogens with zero attached hydrogens (tertiary/aromatic N) is 2. The van der Waals surface area contributed by atoms with Gasteiger partial charge in [0.1, 0.15) is 6.10 Å². The third-order valence-corrected chi connectivity index (χ3v) is 4.19. The van der Waals surface area contributed by atoms with E-state index in [1.54, 1.807) is 29.2 Å². The molecule has 1 atom stereocenters. The summed E-state index contributed by atoms with van der Waals surface area (Å²) in [4.78, 5) is 14.4. The maximum Gasteiger partial charge on any atom is 0.254 e. The quantitative estimate of drug-likeness (QED) is 0.849. The number of rotatable bonds is 2. The first kappa shape index (κ1) is 15.5. The van der Waals surface area contributed by atoms with Crippen molar-refractivity contribution in [3.05, 3.63) is 70.2 Å². The van der Waals surface area contributed by atoms with Gasteiger partial charge in [0.25, 0.3) is 5.91 Å². The lowest BCUT2D eigenvalue weighted by Gasteiger charge is -2.33. The van der Waals surface area contributed by atoms with Gasteiger partial charge in [0.15, 0.2) is 0 Å². The van der Waals surface area contributed by atoms with Crippen LogP contribution < -0.4 is 0 Å². The van der Waals surface area contributed by atoms with Crippen LogP contribution in [-0.2, 0) is 4.74 Å². The first-order chi connectivity index (χ1) is 11.2. The van der Waals surface area contributed by atoms with Gasteiger partial charge in [0, 0.05) is 22.7 Å². The summed E-state index contributed by atoms with van der Waals surface area (Å²) in [6, 6.07) is 16.3. The van der Waals surface area contributed by atoms with Gasteiger partial charge >= 0.3 is 0 Å². The summed E-state index contributed by atoms with van der Waals surface area (Å²) >= 11 is 6.22. The molecule has 1 aliphatic heterocycles. The highest BCUT2D eigenvalue weighted by molar-refractivity contribution is 6.31. The lowest BCUT2D eigenvalue weighted by molar-refractivity contribution is -0.0227. The Kier molecular flexibility index (Phi) is 4.61. The molecule has 0 aromatic heterocycles. The molecule has 23 heavy (non-hydrogen) atoms. The number of hydrogen-bond acceptors (Lipinski definition) is 3. The van der Waals surface area contributed by atoms with Crippen molar-refractivity contribution in [3.63, 3.8) is 0 Å². The van der Waals surface area contributed by atoms with Crippen LogP contribution in [0.2, 0.25) is 5.02 Å². The molecule has 116 valence electrons. The SMILES string of the molecule is N#Cc1cccc(C(=O)N2CCOC(c3ccccc3Cl)C2)c1. The molecule has 5 heteroatoms. The molecule has 1 heterocycles. The number of benzene rings is 2. The highest BCUT2D eigenvalue weighted by atomic mass is 35.5. The van der Waals surface area contributed by atoms with Crippen molar-refractivity contribution >= 4 is 17.5 Å². The van der Waals surface area contributed by atoms with E-state index in [2.05, 4.69) is 6.07 Å². The summed E-state index contributed by atoms with van der Waals surface area (Å²) in [5.41, 5.74) is 1.88. The molecule has 0 bridgehead atoms. The maximum atomic E-state index is 12.7. The highest BCUT2D eigenvalue weighted by Gasteiger charge is 2.27. The van der Waals surface area contributed by atoms with Gasteiger partial charge in [-0.1, -0.05) is 35.9 Å². The predicted molar refractivity (Wildman–Crippen MR) is 87.2 cm³/mol. The number of amides is 1. The van der Waals surface area contributed by atoms with E-state index in [0.29, 0.717) is 35.8 Å². The number of nitriles is 1. The van der Waals surface area contributed by atoms with E-state index in [4.69, 9.17) is 21.6 Å². The zero-order chi connectivity index (χ0) is 16.2. The van der Waals surface area contributed by atoms with Crippen LogP contribution in [-0.4, -0.2) is 30.5 Å². The average molecular weight is 327 g/mol. The average Bonchev–Trinajstić information content (AvgIpc) is 2.61. The number of hydrogen-bond donors (Lipinski definition) is 0. The van der Waals surface area contributed by atoms with Crippen molar-refractivity contribution < 1.29 is 9.53 Å². The predicted octanol–water partition coefficient (Wildman–Crippen LogP) is 3.43. The Morgan fingerprint density at radius 3 is 2.87 bits per heavy atom. The molecule has 0 N–H and O–H groups in total. The third kappa shape index (κ3) is 3.37. The minimum Gasteiger partial charge on any atom is -0.370 e. The van der Waals surface area contributed by atoms with E-state index in [9.17, 15) is 4.79 Å². The van der Waals surface area contributed by atoms with E-state index in [1.165, 1.54) is 0 Å². The largest absolute Gasteiger partial charge is 0.370 e. The highest BCUT2D eigenvalue weighted by Crippen LogP contribution is 2.28. The molecule has 2 aromatic carbocycles. The van der Waals surface area contributed by atoms with Crippen molar-refractivity contribution in [2.45, 2.75) is 6.10 Å². The van der Waals surface area contributed by atoms with Gasteiger partial charge in [-0.25, -0.2) is 0 Å². The van der Waals surface area contributed by atoms with Crippen LogP contribution in [0.1, 0.15) is 27.6 Å². The molecular weight excluding hydrogens is 312 g/mol. The molecule has 4 nitrogen and oxygen atoms in total. The molecule has 0 spiro atoms. The fourth-order valence-corrected chi connectivity index (χ4v) is 2.92. The summed E-state index contributed by atoms with van der Waals surface area (Å²) in [5.74, 6) is -0.0950. The van der Waals surface area contributed by atoms with Crippen molar-refractivity contribution in [2.24, 2.45) is 0 Å². The molecule has 1 fully saturated rings. The standard InChI is InChI=1S/C18H15ClN2O2/c19-16-7-2-1-6-15(16)17-12-21(8-9-23-17)18(22)14-5-3-4-13(10-14)11-20/h1-7,10,17H,8-9,12H2. The number of carbonyl (C=O) groups excluding carboxylic acids is 1. The minimum atomic E-state index is -0.236. The fraction of sp³-hybridized carbons (Fsp3) is 0.222. The van der Waals surface area contributed by atoms with E-state index in [0.717, 1.165) is 5.56 Å². The molecule has 1 saturated heterocycles. The Bertz CT molecular complexity index is 770. The van der Waals surface area contributed by atoms with Gasteiger partial charge in [-0.2, -0.15) is 5.26 Å². The molecule has 0 saturated carbocycles. The molecule has 1 aliphatic rings. The maximum absolute atomic E-state index is 12.7. The van der Waals surface area contributed by atoms with Crippen molar-refractivity contribution in [3.8, 4) is 6.07 Å². The second-order valence-corrected chi connectivity index (χ2v) is 5.73. The summed E-state index contributed by atoms with van der Waals surface area (Å²) in [6.07, 6.45) is -0.236. The van der Waals surface area contributed by atoms with Gasteiger partial charge in [-0.3, -0.25) is 4.79 Å². The number of halogens is 1. The van der Waals surface area contributed by atoms with Crippen LogP contribution in [0.15, 0.2) is 48.5 Å². The van der Waals surface area contributed by atoms with E-state index in [-0.39, 0.29) is 12.0 Å². The third-order valence-electron chi connectivity index (χ3n) is 3.84. The normalized spacial score (nSPS) is 17.6. The Balaban J connectivity index is 1.79. The van der Waals surface area contributed by atoms with Gasteiger partial charge in [0.05, 0.1) is 24.8 Å². The first-order valence-electron chi connectivity index (χ1n) is 7.34. The van der Waals surface area contributed by atoms with E-state index >= 15 is 0 Å². The lowest BCUT2D eigenvalue weighted by Crippen LogP contribution is -2.42. The summed E-state index contributed by atoms with van der Waals surface area (Å²) in [5, 5.41) is 9.60. The Hall–Kier alpha value is -2.35. The van der Waals surface area contributed by atoms with Crippen LogP contribution in [0.5, 0.6) is 0 Å². The van der Waals surface area contributed by atoms with Crippen LogP contribution in [0.25, 0.3) is 0 Å². The zero-order valence-electron chi connectivity index (χ0n) is 12.4. The van der Waals surface area contributed by atoms with Crippen molar-refractivity contribution in [2.75, 3.05) is 19.7 Å². The minimum absolute atomic E-state index is 0.0950. The lowest BCUT2D eigenvalue weighted by atomic mass is 10.1. The van der Waals surface area contributed by atoms with Gasteiger partial charge in [-0.05, 0) is 24.3 Å². The molecule has 0 radical (unpaired) electrons. The number of morpholine rings is 1. The monoisotopic (exact) mass is 326 g/mol. The van der Waals surface area contributed by atoms with Gasteiger partial charge in [-0.15, -0.1) is 0 Å². The van der Waals surface area contributed by atoms with Crippen LogP contribution in [0, 0.1) is 11.3 Å². The van der Waals surface area contributed by atoms with Crippen molar-refractivity contribution in [1.29, 1.82) is 5.26 Å². The Morgan fingerprint density at radius 1 is 1.26 bits per heavy atom. The number of carbonyl (C=O) groups is 1. The van der Waals surface area contributed by atoms with E-state index < -0.39 is 0 Å². The van der Waals surface area contributed by atoms with Gasteiger partial charge < -0.3 is 9.64 Å². The molecule has 3 rings (SSSR count). The van der Waals surface area contributed by atoms with Crippen LogP contribution in [0.4, 0.5) is 0 Å². The van der Waals surface area contributed by atoms with Gasteiger partial charge in [0.2, 0.25) is 0 Å². The first-order valence-corrected chi connectivity index (χ1v) is 7.72. The van der Waals surface area contributed by atoms with Crippen LogP contribution >= 0.6 is 11.6 Å². The summed E-state index contributed by atoms with van der Waals surface area (Å²) < 4.78 is 5.78. The molecular formula is C18H15ClN2O2. The molecule has 2 aromatic rings. The second-order valence-electron chi connectivity index (χ2n) is 5.32. The molecule has 0 aliphatic carbocycles. The second kappa shape index (κ2) is 6.82. The topological polar surface area (TPSA) is 53.3 Å². The van der Waals surface area contributed by atoms with Crippen LogP contribution in [0.3, 0.4) is 0 Å². The molecule has 1 unspecified atom stereocenters. The summed E-state index contributed by atoms with van der Waals surface area (Å²) in [7, 11) is 0. The van der Waals surface area contributed by atoms with Crippen molar-refractivity contribution in [1.82, 2.24) is 4.90 Å². The fourth-order valence-electron chi connectivity index (χ4n) is 2.66.